The summed E-state index contributed by atoms with van der Waals surface area (Å²) in [7, 11) is 0. The van der Waals surface area contributed by atoms with Gasteiger partial charge in [0.05, 0.1) is 0 Å². The number of nitrogens with one attached hydrogen (secondary N) is 1. The van der Waals surface area contributed by atoms with E-state index in [9.17, 15) is 0 Å². The molecule has 1 N–H and O–H groups in total. The van der Waals surface area contributed by atoms with E-state index in [0.29, 0.717) is 6.54 Å². The van der Waals surface area contributed by atoms with Crippen LogP contribution < -0.4 is 5.73 Å². The number of hydrogen-bond acceptors (Lipinski definition) is 0. The van der Waals surface area contributed by atoms with Crippen LogP contribution in [0.15, 0.2) is 30.3 Å². The summed E-state index contributed by atoms with van der Waals surface area (Å²) in [6.45, 7) is 4.44. The van der Waals surface area contributed by atoms with Crippen LogP contribution in [0.25, 0.3) is 0 Å². The SMILES string of the molecule is [CH2]C(CC[NH])c1ccccc1. The fraction of sp³-hybridized carbons (Fsp3) is 0.300. The Balaban J connectivity index is 2.61. The molecule has 1 heteroatoms. The lowest BCUT2D eigenvalue weighted by atomic mass is 9.98. The Kier molecular flexibility index (Phi) is 3.12. The van der Waals surface area contributed by atoms with Gasteiger partial charge in [-0.3, -0.25) is 5.73 Å². The van der Waals surface area contributed by atoms with E-state index in [1.165, 1.54) is 5.56 Å². The second-order valence-electron chi connectivity index (χ2n) is 2.65. The Morgan fingerprint density at radius 2 is 1.91 bits per heavy atom. The molecule has 0 fully saturated rings. The van der Waals surface area contributed by atoms with Gasteiger partial charge in [0, 0.05) is 6.54 Å². The molecular weight excluding hydrogens is 134 g/mol. The van der Waals surface area contributed by atoms with Crippen molar-refractivity contribution >= 4 is 0 Å². The average Bonchev–Trinajstić information content (AvgIpc) is 2.07. The quantitative estimate of drug-likeness (QED) is 0.626. The summed E-state index contributed by atoms with van der Waals surface area (Å²) in [5.41, 5.74) is 8.28. The zero-order valence-corrected chi connectivity index (χ0v) is 6.59. The first-order valence-electron chi connectivity index (χ1n) is 3.87. The molecule has 1 atom stereocenters. The Labute approximate surface area is 68.2 Å². The molecule has 2 radical (unpaired) electrons. The van der Waals surface area contributed by atoms with Crippen LogP contribution in [0.2, 0.25) is 0 Å². The Morgan fingerprint density at radius 1 is 1.27 bits per heavy atom. The summed E-state index contributed by atoms with van der Waals surface area (Å²) in [6, 6.07) is 10.1. The monoisotopic (exact) mass is 147 g/mol. The molecule has 0 amide bonds. The van der Waals surface area contributed by atoms with Gasteiger partial charge in [0.2, 0.25) is 0 Å². The van der Waals surface area contributed by atoms with Crippen molar-refractivity contribution in [3.63, 3.8) is 0 Å². The van der Waals surface area contributed by atoms with Crippen molar-refractivity contribution in [3.8, 4) is 0 Å². The standard InChI is InChI=1S/C10H13N/c1-9(7-8-11)10-5-3-2-4-6-10/h2-6,9,11H,1,7-8H2. The molecule has 1 unspecified atom stereocenters. The molecule has 58 valence electrons. The van der Waals surface area contributed by atoms with Crippen LogP contribution in [0.5, 0.6) is 0 Å². The maximum atomic E-state index is 7.04. The minimum absolute atomic E-state index is 0.286. The molecule has 0 aliphatic rings. The average molecular weight is 147 g/mol. The highest BCUT2D eigenvalue weighted by Gasteiger charge is 2.01. The van der Waals surface area contributed by atoms with Gasteiger partial charge >= 0.3 is 0 Å². The zero-order chi connectivity index (χ0) is 8.10. The predicted molar refractivity (Wildman–Crippen MR) is 47.1 cm³/mol. The van der Waals surface area contributed by atoms with Gasteiger partial charge in [-0.1, -0.05) is 30.3 Å². The van der Waals surface area contributed by atoms with Crippen molar-refractivity contribution in [1.29, 1.82) is 0 Å². The molecule has 1 nitrogen and oxygen atoms in total. The van der Waals surface area contributed by atoms with Crippen LogP contribution >= 0.6 is 0 Å². The van der Waals surface area contributed by atoms with Gasteiger partial charge in [0.15, 0.2) is 0 Å². The van der Waals surface area contributed by atoms with Gasteiger partial charge in [-0.25, -0.2) is 0 Å². The maximum Gasteiger partial charge on any atom is 0.0106 e. The molecule has 1 aromatic rings. The third kappa shape index (κ3) is 2.35. The van der Waals surface area contributed by atoms with Crippen LogP contribution in [0.4, 0.5) is 0 Å². The van der Waals surface area contributed by atoms with E-state index >= 15 is 0 Å². The largest absolute Gasteiger partial charge is 0.258 e. The van der Waals surface area contributed by atoms with Crippen LogP contribution in [-0.4, -0.2) is 6.54 Å². The van der Waals surface area contributed by atoms with Crippen molar-refractivity contribution in [1.82, 2.24) is 5.73 Å². The third-order valence-corrected chi connectivity index (χ3v) is 1.76. The molecule has 0 saturated carbocycles. The fourth-order valence-electron chi connectivity index (χ4n) is 1.07. The molecule has 0 spiro atoms. The number of rotatable bonds is 3. The summed E-state index contributed by atoms with van der Waals surface area (Å²) in [5, 5.41) is 0. The normalized spacial score (nSPS) is 12.9. The first-order chi connectivity index (χ1) is 5.34. The summed E-state index contributed by atoms with van der Waals surface area (Å²) in [4.78, 5) is 0. The molecule has 0 saturated heterocycles. The summed E-state index contributed by atoms with van der Waals surface area (Å²) >= 11 is 0. The molecule has 0 heterocycles. The van der Waals surface area contributed by atoms with E-state index in [4.69, 9.17) is 5.73 Å². The first kappa shape index (κ1) is 8.28. The Morgan fingerprint density at radius 3 is 2.45 bits per heavy atom. The summed E-state index contributed by atoms with van der Waals surface area (Å²) < 4.78 is 0. The maximum absolute atomic E-state index is 7.04. The van der Waals surface area contributed by atoms with Gasteiger partial charge < -0.3 is 0 Å². The molecule has 1 rings (SSSR count). The van der Waals surface area contributed by atoms with Crippen LogP contribution in [0, 0.1) is 6.92 Å². The molecule has 0 aromatic heterocycles. The van der Waals surface area contributed by atoms with Crippen LogP contribution in [-0.2, 0) is 0 Å². The van der Waals surface area contributed by atoms with Crippen LogP contribution in [0.1, 0.15) is 17.9 Å². The molecule has 11 heavy (non-hydrogen) atoms. The molecule has 1 aromatic carbocycles. The first-order valence-corrected chi connectivity index (χ1v) is 3.87. The van der Waals surface area contributed by atoms with E-state index in [2.05, 4.69) is 19.1 Å². The topological polar surface area (TPSA) is 23.8 Å². The van der Waals surface area contributed by atoms with Crippen molar-refractivity contribution in [2.24, 2.45) is 0 Å². The lowest BCUT2D eigenvalue weighted by Gasteiger charge is -2.08. The van der Waals surface area contributed by atoms with E-state index in [-0.39, 0.29) is 5.92 Å². The Bertz CT molecular complexity index is 193. The summed E-state index contributed by atoms with van der Waals surface area (Å²) in [5.74, 6) is 0.286. The fourth-order valence-corrected chi connectivity index (χ4v) is 1.07. The van der Waals surface area contributed by atoms with Crippen molar-refractivity contribution in [3.05, 3.63) is 42.8 Å². The van der Waals surface area contributed by atoms with Gasteiger partial charge in [-0.15, -0.1) is 0 Å². The highest BCUT2D eigenvalue weighted by Crippen LogP contribution is 2.16. The number of benzene rings is 1. The minimum Gasteiger partial charge on any atom is -0.258 e. The third-order valence-electron chi connectivity index (χ3n) is 1.76. The smallest absolute Gasteiger partial charge is 0.0106 e. The van der Waals surface area contributed by atoms with E-state index < -0.39 is 0 Å². The van der Waals surface area contributed by atoms with Crippen molar-refractivity contribution in [2.45, 2.75) is 12.3 Å². The van der Waals surface area contributed by atoms with Crippen molar-refractivity contribution < 1.29 is 0 Å². The van der Waals surface area contributed by atoms with Gasteiger partial charge in [0.25, 0.3) is 0 Å². The second-order valence-corrected chi connectivity index (χ2v) is 2.65. The second kappa shape index (κ2) is 4.14. The molecule has 0 aliphatic carbocycles. The lowest BCUT2D eigenvalue weighted by molar-refractivity contribution is 0.734. The van der Waals surface area contributed by atoms with E-state index in [1.54, 1.807) is 0 Å². The van der Waals surface area contributed by atoms with E-state index in [0.717, 1.165) is 6.42 Å². The highest BCUT2D eigenvalue weighted by atomic mass is 14.5. The highest BCUT2D eigenvalue weighted by molar-refractivity contribution is 5.20. The van der Waals surface area contributed by atoms with Gasteiger partial charge in [-0.05, 0) is 24.8 Å². The number of hydrogen-bond donors (Lipinski definition) is 0. The van der Waals surface area contributed by atoms with Crippen molar-refractivity contribution in [2.75, 3.05) is 6.54 Å². The van der Waals surface area contributed by atoms with E-state index in [1.807, 2.05) is 18.2 Å². The van der Waals surface area contributed by atoms with Crippen LogP contribution in [0.3, 0.4) is 0 Å². The zero-order valence-electron chi connectivity index (χ0n) is 6.59. The molecular formula is C10H13N. The predicted octanol–water partition coefficient (Wildman–Crippen LogP) is 2.28. The lowest BCUT2D eigenvalue weighted by Crippen LogP contribution is -1.97. The minimum atomic E-state index is 0.286. The van der Waals surface area contributed by atoms with Gasteiger partial charge in [0.1, 0.15) is 0 Å². The molecule has 0 aliphatic heterocycles. The summed E-state index contributed by atoms with van der Waals surface area (Å²) in [6.07, 6.45) is 0.851. The van der Waals surface area contributed by atoms with Gasteiger partial charge in [-0.2, -0.15) is 0 Å². The molecule has 0 bridgehead atoms. The Hall–Kier alpha value is -0.820.